The Morgan fingerprint density at radius 3 is 2.52 bits per heavy atom. The summed E-state index contributed by atoms with van der Waals surface area (Å²) in [6.07, 6.45) is 3.27. The molecule has 6 heteroatoms. The van der Waals surface area contributed by atoms with Crippen LogP contribution in [0.3, 0.4) is 0 Å². The third-order valence-corrected chi connectivity index (χ3v) is 3.33. The number of amides is 1. The highest BCUT2D eigenvalue weighted by molar-refractivity contribution is 5.94. The van der Waals surface area contributed by atoms with Gasteiger partial charge in [0, 0.05) is 25.5 Å². The Morgan fingerprint density at radius 1 is 1.17 bits per heavy atom. The van der Waals surface area contributed by atoms with Gasteiger partial charge in [-0.05, 0) is 29.8 Å². The number of carbonyl (C=O) groups is 2. The van der Waals surface area contributed by atoms with Crippen LogP contribution >= 0.6 is 0 Å². The third-order valence-electron chi connectivity index (χ3n) is 3.33. The van der Waals surface area contributed by atoms with E-state index >= 15 is 0 Å². The minimum atomic E-state index is -0.588. The smallest absolute Gasteiger partial charge is 0.307 e. The van der Waals surface area contributed by atoms with Gasteiger partial charge < -0.3 is 9.64 Å². The van der Waals surface area contributed by atoms with Crippen LogP contribution in [0.25, 0.3) is 0 Å². The summed E-state index contributed by atoms with van der Waals surface area (Å²) in [6, 6.07) is 9.31. The molecule has 0 unspecified atom stereocenters. The number of hydrogen-bond donors (Lipinski definition) is 0. The van der Waals surface area contributed by atoms with E-state index < -0.39 is 17.7 Å². The topological polar surface area (TPSA) is 59.5 Å². The molecule has 0 atom stereocenters. The molecule has 0 saturated carbocycles. The van der Waals surface area contributed by atoms with E-state index in [-0.39, 0.29) is 25.1 Å². The first-order valence-electron chi connectivity index (χ1n) is 7.11. The molecule has 1 amide bonds. The normalized spacial score (nSPS) is 10.2. The maximum absolute atomic E-state index is 13.9. The predicted octanol–water partition coefficient (Wildman–Crippen LogP) is 2.43. The zero-order valence-electron chi connectivity index (χ0n) is 12.7. The first-order chi connectivity index (χ1) is 11.1. The molecule has 0 spiro atoms. The second-order valence-corrected chi connectivity index (χ2v) is 4.89. The van der Waals surface area contributed by atoms with Crippen molar-refractivity contribution in [2.75, 3.05) is 13.7 Å². The van der Waals surface area contributed by atoms with Crippen LogP contribution in [-0.2, 0) is 16.1 Å². The van der Waals surface area contributed by atoms with E-state index in [1.54, 1.807) is 30.6 Å². The maximum Gasteiger partial charge on any atom is 0.307 e. The van der Waals surface area contributed by atoms with Crippen molar-refractivity contribution in [2.24, 2.45) is 0 Å². The molecule has 23 heavy (non-hydrogen) atoms. The van der Waals surface area contributed by atoms with Gasteiger partial charge in [0.25, 0.3) is 5.91 Å². The van der Waals surface area contributed by atoms with Crippen molar-refractivity contribution in [3.8, 4) is 0 Å². The summed E-state index contributed by atoms with van der Waals surface area (Å²) >= 11 is 0. The number of esters is 1. The van der Waals surface area contributed by atoms with Crippen LogP contribution in [0, 0.1) is 5.82 Å². The van der Waals surface area contributed by atoms with E-state index in [2.05, 4.69) is 9.72 Å². The number of pyridine rings is 1. The van der Waals surface area contributed by atoms with E-state index in [0.29, 0.717) is 0 Å². The quantitative estimate of drug-likeness (QED) is 0.768. The molecule has 0 fully saturated rings. The zero-order valence-corrected chi connectivity index (χ0v) is 12.7. The van der Waals surface area contributed by atoms with Gasteiger partial charge in [-0.15, -0.1) is 0 Å². The number of methoxy groups -OCH3 is 1. The lowest BCUT2D eigenvalue weighted by atomic mass is 10.1. The van der Waals surface area contributed by atoms with Gasteiger partial charge in [0.2, 0.25) is 0 Å². The van der Waals surface area contributed by atoms with E-state index in [0.717, 1.165) is 5.56 Å². The Morgan fingerprint density at radius 2 is 1.87 bits per heavy atom. The summed E-state index contributed by atoms with van der Waals surface area (Å²) in [5.41, 5.74) is 0.820. The van der Waals surface area contributed by atoms with Crippen molar-refractivity contribution < 1.29 is 18.7 Å². The maximum atomic E-state index is 13.9. The van der Waals surface area contributed by atoms with Gasteiger partial charge in [0.15, 0.2) is 0 Å². The molecular formula is C17H17FN2O3. The average molecular weight is 316 g/mol. The van der Waals surface area contributed by atoms with Gasteiger partial charge in [-0.25, -0.2) is 4.39 Å². The summed E-state index contributed by atoms with van der Waals surface area (Å²) in [5.74, 6) is -1.48. The van der Waals surface area contributed by atoms with Crippen molar-refractivity contribution in [1.29, 1.82) is 0 Å². The van der Waals surface area contributed by atoms with E-state index in [1.807, 2.05) is 0 Å². The van der Waals surface area contributed by atoms with Crippen LogP contribution in [0.1, 0.15) is 22.3 Å². The SMILES string of the molecule is COC(=O)CCN(Cc1ccncc1)C(=O)c1ccccc1F. The molecule has 120 valence electrons. The number of hydrogen-bond acceptors (Lipinski definition) is 4. The van der Waals surface area contributed by atoms with Gasteiger partial charge in [-0.1, -0.05) is 12.1 Å². The summed E-state index contributed by atoms with van der Waals surface area (Å²) in [5, 5.41) is 0. The largest absolute Gasteiger partial charge is 0.469 e. The minimum absolute atomic E-state index is 0.0218. The number of benzene rings is 1. The van der Waals surface area contributed by atoms with Gasteiger partial charge >= 0.3 is 5.97 Å². The Kier molecular flexibility index (Phi) is 5.80. The molecule has 0 radical (unpaired) electrons. The van der Waals surface area contributed by atoms with Crippen molar-refractivity contribution in [3.05, 3.63) is 65.7 Å². The van der Waals surface area contributed by atoms with E-state index in [9.17, 15) is 14.0 Å². The molecule has 0 aliphatic heterocycles. The number of ether oxygens (including phenoxy) is 1. The molecule has 1 aromatic carbocycles. The van der Waals surface area contributed by atoms with Crippen LogP contribution in [-0.4, -0.2) is 35.4 Å². The lowest BCUT2D eigenvalue weighted by Gasteiger charge is -2.22. The first kappa shape index (κ1) is 16.6. The third kappa shape index (κ3) is 4.60. The molecule has 0 aliphatic rings. The minimum Gasteiger partial charge on any atom is -0.469 e. The standard InChI is InChI=1S/C17H17FN2O3/c1-23-16(21)8-11-20(12-13-6-9-19-10-7-13)17(22)14-4-2-3-5-15(14)18/h2-7,9-10H,8,11-12H2,1H3. The molecule has 0 bridgehead atoms. The van der Waals surface area contributed by atoms with Crippen LogP contribution < -0.4 is 0 Å². The Balaban J connectivity index is 2.20. The lowest BCUT2D eigenvalue weighted by molar-refractivity contribution is -0.140. The molecule has 1 heterocycles. The van der Waals surface area contributed by atoms with E-state index in [4.69, 9.17) is 0 Å². The van der Waals surface area contributed by atoms with Gasteiger partial charge in [-0.2, -0.15) is 0 Å². The lowest BCUT2D eigenvalue weighted by Crippen LogP contribution is -2.33. The monoisotopic (exact) mass is 316 g/mol. The number of halogens is 1. The van der Waals surface area contributed by atoms with Crippen molar-refractivity contribution >= 4 is 11.9 Å². The Bertz CT molecular complexity index is 677. The summed E-state index contributed by atoms with van der Waals surface area (Å²) in [7, 11) is 1.29. The van der Waals surface area contributed by atoms with Gasteiger partial charge in [0.1, 0.15) is 5.82 Å². The van der Waals surface area contributed by atoms with Gasteiger partial charge in [-0.3, -0.25) is 14.6 Å². The number of carbonyl (C=O) groups excluding carboxylic acids is 2. The molecule has 5 nitrogen and oxygen atoms in total. The highest BCUT2D eigenvalue weighted by Crippen LogP contribution is 2.13. The van der Waals surface area contributed by atoms with Crippen molar-refractivity contribution in [1.82, 2.24) is 9.88 Å². The van der Waals surface area contributed by atoms with Crippen molar-refractivity contribution in [3.63, 3.8) is 0 Å². The van der Waals surface area contributed by atoms with Crippen molar-refractivity contribution in [2.45, 2.75) is 13.0 Å². The summed E-state index contributed by atoms with van der Waals surface area (Å²) in [6.45, 7) is 0.398. The van der Waals surface area contributed by atoms with Crippen LogP contribution in [0.4, 0.5) is 4.39 Å². The fourth-order valence-electron chi connectivity index (χ4n) is 2.09. The molecule has 0 N–H and O–H groups in total. The van der Waals surface area contributed by atoms with Crippen LogP contribution in [0.2, 0.25) is 0 Å². The second-order valence-electron chi connectivity index (χ2n) is 4.89. The average Bonchev–Trinajstić information content (AvgIpc) is 2.59. The fraction of sp³-hybridized carbons (Fsp3) is 0.235. The fourth-order valence-corrected chi connectivity index (χ4v) is 2.09. The molecule has 0 aliphatic carbocycles. The van der Waals surface area contributed by atoms with Crippen LogP contribution in [0.5, 0.6) is 0 Å². The Labute approximate surface area is 133 Å². The van der Waals surface area contributed by atoms with E-state index in [1.165, 1.54) is 30.2 Å². The number of rotatable bonds is 6. The first-order valence-corrected chi connectivity index (χ1v) is 7.11. The molecule has 2 rings (SSSR count). The second kappa shape index (κ2) is 8.03. The molecular weight excluding hydrogens is 299 g/mol. The summed E-state index contributed by atoms with van der Waals surface area (Å²) < 4.78 is 18.5. The highest BCUT2D eigenvalue weighted by Gasteiger charge is 2.20. The van der Waals surface area contributed by atoms with Crippen LogP contribution in [0.15, 0.2) is 48.8 Å². The molecule has 0 saturated heterocycles. The molecule has 1 aromatic heterocycles. The zero-order chi connectivity index (χ0) is 16.7. The Hall–Kier alpha value is -2.76. The summed E-state index contributed by atoms with van der Waals surface area (Å²) in [4.78, 5) is 29.3. The highest BCUT2D eigenvalue weighted by atomic mass is 19.1. The number of nitrogens with zero attached hydrogens (tertiary/aromatic N) is 2. The predicted molar refractivity (Wildman–Crippen MR) is 82.0 cm³/mol. The number of aromatic nitrogens is 1. The van der Waals surface area contributed by atoms with Gasteiger partial charge in [0.05, 0.1) is 19.1 Å². The molecule has 2 aromatic rings.